The number of hydrogen-bond donors (Lipinski definition) is 1. The van der Waals surface area contributed by atoms with E-state index in [0.717, 1.165) is 42.8 Å². The maximum Gasteiger partial charge on any atom is 0.222 e. The molecule has 0 aromatic carbocycles. The van der Waals surface area contributed by atoms with Gasteiger partial charge in [-0.1, -0.05) is 0 Å². The highest BCUT2D eigenvalue weighted by atomic mass is 79.9. The van der Waals surface area contributed by atoms with E-state index in [0.29, 0.717) is 12.1 Å². The molecule has 1 aromatic heterocycles. The van der Waals surface area contributed by atoms with Crippen LogP contribution in [0.4, 0.5) is 11.8 Å². The minimum absolute atomic E-state index is 0.315. The van der Waals surface area contributed by atoms with E-state index in [2.05, 4.69) is 30.8 Å². The lowest BCUT2D eigenvalue weighted by atomic mass is 10.1. The van der Waals surface area contributed by atoms with E-state index in [4.69, 9.17) is 10.5 Å². The van der Waals surface area contributed by atoms with Crippen molar-refractivity contribution in [2.45, 2.75) is 25.9 Å². The van der Waals surface area contributed by atoms with Gasteiger partial charge in [0.15, 0.2) is 0 Å². The minimum atomic E-state index is 0.315. The average Bonchev–Trinajstić information content (AvgIpc) is 2.34. The topological polar surface area (TPSA) is 64.3 Å². The smallest absolute Gasteiger partial charge is 0.222 e. The Hall–Kier alpha value is -0.880. The van der Waals surface area contributed by atoms with Gasteiger partial charge in [0.25, 0.3) is 0 Å². The molecule has 0 unspecified atom stereocenters. The second kappa shape index (κ2) is 5.64. The first-order valence-corrected chi connectivity index (χ1v) is 6.64. The van der Waals surface area contributed by atoms with Crippen molar-refractivity contribution in [3.05, 3.63) is 10.7 Å². The summed E-state index contributed by atoms with van der Waals surface area (Å²) in [4.78, 5) is 10.4. The molecule has 1 aliphatic heterocycles. The number of rotatable bonds is 3. The molecule has 1 fully saturated rings. The molecule has 2 N–H and O–H groups in total. The molecule has 94 valence electrons. The van der Waals surface area contributed by atoms with Crippen LogP contribution < -0.4 is 10.6 Å². The maximum atomic E-state index is 5.63. The third-order valence-corrected chi connectivity index (χ3v) is 3.45. The Kier molecular flexibility index (Phi) is 4.17. The first-order chi connectivity index (χ1) is 8.20. The number of nitrogens with two attached hydrogens (primary N) is 1. The van der Waals surface area contributed by atoms with Crippen LogP contribution in [0.15, 0.2) is 10.7 Å². The van der Waals surface area contributed by atoms with Crippen LogP contribution in [0.2, 0.25) is 0 Å². The third-order valence-electron chi connectivity index (χ3n) is 2.89. The van der Waals surface area contributed by atoms with Gasteiger partial charge in [-0.3, -0.25) is 0 Å². The van der Waals surface area contributed by atoms with E-state index < -0.39 is 0 Å². The van der Waals surface area contributed by atoms with E-state index in [1.807, 2.05) is 6.92 Å². The Balaban J connectivity index is 2.02. The van der Waals surface area contributed by atoms with Gasteiger partial charge in [0, 0.05) is 25.9 Å². The number of halogens is 1. The van der Waals surface area contributed by atoms with Gasteiger partial charge in [0.1, 0.15) is 5.82 Å². The fraction of sp³-hybridized carbons (Fsp3) is 0.636. The Morgan fingerprint density at radius 2 is 2.24 bits per heavy atom. The van der Waals surface area contributed by atoms with Crippen LogP contribution in [0.3, 0.4) is 0 Å². The zero-order valence-electron chi connectivity index (χ0n) is 9.90. The summed E-state index contributed by atoms with van der Waals surface area (Å²) < 4.78 is 6.52. The second-order valence-electron chi connectivity index (χ2n) is 4.04. The van der Waals surface area contributed by atoms with Gasteiger partial charge in [-0.05, 0) is 35.7 Å². The molecule has 0 aliphatic carbocycles. The van der Waals surface area contributed by atoms with Gasteiger partial charge < -0.3 is 15.4 Å². The third kappa shape index (κ3) is 3.07. The molecule has 6 heteroatoms. The second-order valence-corrected chi connectivity index (χ2v) is 4.90. The van der Waals surface area contributed by atoms with Gasteiger partial charge >= 0.3 is 0 Å². The first-order valence-electron chi connectivity index (χ1n) is 5.85. The van der Waals surface area contributed by atoms with E-state index >= 15 is 0 Å². The summed E-state index contributed by atoms with van der Waals surface area (Å²) in [6, 6.07) is 0. The highest BCUT2D eigenvalue weighted by Crippen LogP contribution is 2.26. The van der Waals surface area contributed by atoms with Crippen LogP contribution in [0.1, 0.15) is 19.8 Å². The van der Waals surface area contributed by atoms with Crippen molar-refractivity contribution in [2.24, 2.45) is 0 Å². The summed E-state index contributed by atoms with van der Waals surface area (Å²) in [5, 5.41) is 0. The first kappa shape index (κ1) is 12.6. The van der Waals surface area contributed by atoms with Crippen molar-refractivity contribution in [2.75, 3.05) is 30.3 Å². The van der Waals surface area contributed by atoms with Crippen LogP contribution in [-0.2, 0) is 4.74 Å². The lowest BCUT2D eigenvalue weighted by molar-refractivity contribution is 0.0458. The van der Waals surface area contributed by atoms with Crippen LogP contribution in [-0.4, -0.2) is 35.8 Å². The highest BCUT2D eigenvalue weighted by molar-refractivity contribution is 9.10. The molecule has 0 bridgehead atoms. The summed E-state index contributed by atoms with van der Waals surface area (Å²) in [7, 11) is 0. The number of ether oxygens (including phenoxy) is 1. The summed E-state index contributed by atoms with van der Waals surface area (Å²) in [5.41, 5.74) is 5.61. The predicted octanol–water partition coefficient (Wildman–Crippen LogP) is 1.83. The van der Waals surface area contributed by atoms with Crippen molar-refractivity contribution in [3.8, 4) is 0 Å². The number of aromatic nitrogens is 2. The van der Waals surface area contributed by atoms with Crippen LogP contribution in [0, 0.1) is 0 Å². The van der Waals surface area contributed by atoms with Crippen molar-refractivity contribution in [3.63, 3.8) is 0 Å². The van der Waals surface area contributed by atoms with Gasteiger partial charge in [-0.15, -0.1) is 0 Å². The number of nitrogen functional groups attached to an aromatic ring is 1. The Labute approximate surface area is 110 Å². The molecule has 0 atom stereocenters. The normalized spacial score (nSPS) is 17.4. The van der Waals surface area contributed by atoms with E-state index in [9.17, 15) is 0 Å². The molecule has 5 nitrogen and oxygen atoms in total. The minimum Gasteiger partial charge on any atom is -0.378 e. The summed E-state index contributed by atoms with van der Waals surface area (Å²) in [5.74, 6) is 1.20. The molecular weight excluding hydrogens is 284 g/mol. The zero-order chi connectivity index (χ0) is 12.3. The van der Waals surface area contributed by atoms with Gasteiger partial charge in [-0.25, -0.2) is 4.98 Å². The Bertz CT molecular complexity index is 380. The molecule has 2 rings (SSSR count). The Morgan fingerprint density at radius 3 is 2.88 bits per heavy atom. The molecule has 2 heterocycles. The largest absolute Gasteiger partial charge is 0.378 e. The molecule has 0 spiro atoms. The average molecular weight is 301 g/mol. The van der Waals surface area contributed by atoms with Crippen molar-refractivity contribution in [1.29, 1.82) is 0 Å². The van der Waals surface area contributed by atoms with Crippen LogP contribution in [0.5, 0.6) is 0 Å². The fourth-order valence-corrected chi connectivity index (χ4v) is 2.50. The molecule has 1 aliphatic rings. The van der Waals surface area contributed by atoms with E-state index in [1.54, 1.807) is 6.20 Å². The summed E-state index contributed by atoms with van der Waals surface area (Å²) in [6.07, 6.45) is 4.15. The summed E-state index contributed by atoms with van der Waals surface area (Å²) >= 11 is 3.46. The van der Waals surface area contributed by atoms with Gasteiger partial charge in [0.2, 0.25) is 5.95 Å². The van der Waals surface area contributed by atoms with Gasteiger partial charge in [-0.2, -0.15) is 4.98 Å². The number of hydrogen-bond acceptors (Lipinski definition) is 5. The fourth-order valence-electron chi connectivity index (χ4n) is 2.06. The van der Waals surface area contributed by atoms with Crippen molar-refractivity contribution >= 4 is 27.7 Å². The molecule has 17 heavy (non-hydrogen) atoms. The SMILES string of the molecule is CCOC1CCN(c2nc(N)ncc2Br)CC1. The summed E-state index contributed by atoms with van der Waals surface area (Å²) in [6.45, 7) is 4.71. The number of nitrogens with zero attached hydrogens (tertiary/aromatic N) is 3. The quantitative estimate of drug-likeness (QED) is 0.922. The predicted molar refractivity (Wildman–Crippen MR) is 71.0 cm³/mol. The molecule has 1 saturated heterocycles. The number of anilines is 2. The van der Waals surface area contributed by atoms with Gasteiger partial charge in [0.05, 0.1) is 10.6 Å². The molecule has 0 radical (unpaired) electrons. The number of piperidine rings is 1. The maximum absolute atomic E-state index is 5.63. The molecule has 0 saturated carbocycles. The van der Waals surface area contributed by atoms with E-state index in [-0.39, 0.29) is 0 Å². The Morgan fingerprint density at radius 1 is 1.53 bits per heavy atom. The zero-order valence-corrected chi connectivity index (χ0v) is 11.5. The highest BCUT2D eigenvalue weighted by Gasteiger charge is 2.21. The molecule has 1 aromatic rings. The lowest BCUT2D eigenvalue weighted by Crippen LogP contribution is -2.37. The molecular formula is C11H17BrN4O. The van der Waals surface area contributed by atoms with Crippen molar-refractivity contribution < 1.29 is 4.74 Å². The van der Waals surface area contributed by atoms with E-state index in [1.165, 1.54) is 0 Å². The monoisotopic (exact) mass is 300 g/mol. The standard InChI is InChI=1S/C11H17BrN4O/c1-2-17-8-3-5-16(6-4-8)10-9(12)7-14-11(13)15-10/h7-8H,2-6H2,1H3,(H2,13,14,15). The molecule has 0 amide bonds. The van der Waals surface area contributed by atoms with Crippen LogP contribution in [0.25, 0.3) is 0 Å². The van der Waals surface area contributed by atoms with Crippen LogP contribution >= 0.6 is 15.9 Å². The lowest BCUT2D eigenvalue weighted by Gasteiger charge is -2.32. The van der Waals surface area contributed by atoms with Crippen molar-refractivity contribution in [1.82, 2.24) is 9.97 Å².